The van der Waals surface area contributed by atoms with Crippen LogP contribution in [0.25, 0.3) is 6.20 Å². The third-order valence-corrected chi connectivity index (χ3v) is 2.58. The van der Waals surface area contributed by atoms with Gasteiger partial charge in [-0.1, -0.05) is 23.8 Å². The third-order valence-electron chi connectivity index (χ3n) is 2.58. The van der Waals surface area contributed by atoms with Crippen molar-refractivity contribution in [3.05, 3.63) is 66.0 Å². The lowest BCUT2D eigenvalue weighted by Gasteiger charge is -1.96. The number of aromatic nitrogens is 1. The van der Waals surface area contributed by atoms with Crippen molar-refractivity contribution in [1.29, 1.82) is 0 Å². The van der Waals surface area contributed by atoms with Gasteiger partial charge >= 0.3 is 0 Å². The molecule has 18 heavy (non-hydrogen) atoms. The first-order chi connectivity index (χ1) is 8.65. The number of allylic oxidation sites excluding steroid dienone is 1. The molecule has 0 aliphatic rings. The van der Waals surface area contributed by atoms with E-state index in [1.807, 2.05) is 31.2 Å². The van der Waals surface area contributed by atoms with Crippen molar-refractivity contribution in [1.82, 2.24) is 0 Å². The molecule has 0 unspecified atom stereocenters. The van der Waals surface area contributed by atoms with Gasteiger partial charge < -0.3 is 5.73 Å². The van der Waals surface area contributed by atoms with Crippen molar-refractivity contribution in [2.24, 2.45) is 0 Å². The molecule has 90 valence electrons. The van der Waals surface area contributed by atoms with E-state index < -0.39 is 0 Å². The predicted octanol–water partition coefficient (Wildman–Crippen LogP) is 2.22. The number of nitrogens with two attached hydrogens (primary N) is 1. The fraction of sp³-hybridized carbons (Fsp3) is 0.0667. The number of aryl methyl sites for hydroxylation is 1. The van der Waals surface area contributed by atoms with Crippen molar-refractivity contribution in [2.45, 2.75) is 6.92 Å². The van der Waals surface area contributed by atoms with Crippen LogP contribution in [0.4, 0.5) is 5.69 Å². The number of nitrogen functional groups attached to an aromatic ring is 1. The van der Waals surface area contributed by atoms with Crippen molar-refractivity contribution >= 4 is 17.7 Å². The Morgan fingerprint density at radius 1 is 1.22 bits per heavy atom. The van der Waals surface area contributed by atoms with E-state index in [4.69, 9.17) is 5.73 Å². The second-order valence-corrected chi connectivity index (χ2v) is 4.13. The largest absolute Gasteiger partial charge is 0.398 e. The highest BCUT2D eigenvalue weighted by molar-refractivity contribution is 6.05. The number of rotatable bonds is 3. The van der Waals surface area contributed by atoms with Crippen molar-refractivity contribution in [3.63, 3.8) is 0 Å². The van der Waals surface area contributed by atoms with E-state index >= 15 is 0 Å². The molecule has 0 atom stereocenters. The molecule has 0 fully saturated rings. The first-order valence-corrected chi connectivity index (χ1v) is 5.70. The Kier molecular flexibility index (Phi) is 3.53. The zero-order valence-electron chi connectivity index (χ0n) is 10.2. The van der Waals surface area contributed by atoms with Crippen LogP contribution in [0.2, 0.25) is 0 Å². The summed E-state index contributed by atoms with van der Waals surface area (Å²) < 4.78 is 1.78. The van der Waals surface area contributed by atoms with Crippen molar-refractivity contribution in [3.8, 4) is 0 Å². The fourth-order valence-electron chi connectivity index (χ4n) is 1.60. The van der Waals surface area contributed by atoms with Crippen LogP contribution in [0.3, 0.4) is 0 Å². The number of hydrogen-bond acceptors (Lipinski definition) is 2. The van der Waals surface area contributed by atoms with Gasteiger partial charge in [0.1, 0.15) is 0 Å². The van der Waals surface area contributed by atoms with Crippen LogP contribution in [0.15, 0.2) is 54.9 Å². The molecule has 3 nitrogen and oxygen atoms in total. The maximum Gasteiger partial charge on any atom is 0.191 e. The summed E-state index contributed by atoms with van der Waals surface area (Å²) in [5, 5.41) is 0. The molecule has 0 spiro atoms. The number of carbonyl (C=O) groups is 1. The third kappa shape index (κ3) is 3.04. The average molecular weight is 239 g/mol. The topological polar surface area (TPSA) is 47.0 Å². The van der Waals surface area contributed by atoms with Crippen LogP contribution >= 0.6 is 0 Å². The minimum absolute atomic E-state index is 0.0111. The standard InChI is InChI=1S/C15H14N2O/c1-12-3-2-4-13(11-12)15(18)7-10-17-8-5-14(16)6-9-17/h2-11,16H,1H3/p+1/b10-7+. The van der Waals surface area contributed by atoms with Crippen LogP contribution in [-0.4, -0.2) is 5.78 Å². The number of hydrogen-bond donors (Lipinski definition) is 1. The van der Waals surface area contributed by atoms with Gasteiger partial charge in [0, 0.05) is 23.4 Å². The number of pyridine rings is 1. The smallest absolute Gasteiger partial charge is 0.191 e. The number of carbonyl (C=O) groups excluding carboxylic acids is 1. The monoisotopic (exact) mass is 239 g/mol. The molecule has 2 N–H and O–H groups in total. The highest BCUT2D eigenvalue weighted by atomic mass is 16.1. The van der Waals surface area contributed by atoms with Gasteiger partial charge in [0.15, 0.2) is 24.4 Å². The molecule has 0 saturated heterocycles. The first kappa shape index (κ1) is 12.0. The number of benzene rings is 1. The first-order valence-electron chi connectivity index (χ1n) is 5.70. The molecule has 0 aliphatic carbocycles. The predicted molar refractivity (Wildman–Crippen MR) is 71.9 cm³/mol. The Hall–Kier alpha value is -2.42. The van der Waals surface area contributed by atoms with Gasteiger partial charge in [-0.05, 0) is 13.0 Å². The molecule has 1 aromatic carbocycles. The molecule has 3 heteroatoms. The van der Waals surface area contributed by atoms with Crippen molar-refractivity contribution < 1.29 is 9.36 Å². The molecular weight excluding hydrogens is 224 g/mol. The summed E-state index contributed by atoms with van der Waals surface area (Å²) in [6.07, 6.45) is 6.86. The highest BCUT2D eigenvalue weighted by Gasteiger charge is 2.03. The Labute approximate surface area is 106 Å². The number of anilines is 1. The number of nitrogens with zero attached hydrogens (tertiary/aromatic N) is 1. The lowest BCUT2D eigenvalue weighted by molar-refractivity contribution is -0.568. The number of ketones is 1. The van der Waals surface area contributed by atoms with Crippen LogP contribution in [-0.2, 0) is 0 Å². The minimum atomic E-state index is -0.0111. The summed E-state index contributed by atoms with van der Waals surface area (Å²) in [5.74, 6) is -0.0111. The molecule has 0 bridgehead atoms. The van der Waals surface area contributed by atoms with E-state index in [0.29, 0.717) is 11.3 Å². The van der Waals surface area contributed by atoms with Gasteiger partial charge in [0.2, 0.25) is 0 Å². The molecule has 0 aliphatic heterocycles. The Morgan fingerprint density at radius 3 is 2.61 bits per heavy atom. The summed E-state index contributed by atoms with van der Waals surface area (Å²) in [5.41, 5.74) is 8.06. The summed E-state index contributed by atoms with van der Waals surface area (Å²) in [4.78, 5) is 11.9. The normalized spacial score (nSPS) is 10.7. The van der Waals surface area contributed by atoms with Crippen LogP contribution in [0, 0.1) is 6.92 Å². The van der Waals surface area contributed by atoms with Crippen LogP contribution in [0.5, 0.6) is 0 Å². The van der Waals surface area contributed by atoms with Gasteiger partial charge in [-0.15, -0.1) is 0 Å². The van der Waals surface area contributed by atoms with Gasteiger partial charge in [-0.2, -0.15) is 4.57 Å². The quantitative estimate of drug-likeness (QED) is 0.507. The van der Waals surface area contributed by atoms with Crippen molar-refractivity contribution in [2.75, 3.05) is 5.73 Å². The summed E-state index contributed by atoms with van der Waals surface area (Å²) in [6.45, 7) is 1.97. The lowest BCUT2D eigenvalue weighted by atomic mass is 10.1. The Morgan fingerprint density at radius 2 is 1.94 bits per heavy atom. The van der Waals surface area contributed by atoms with E-state index in [0.717, 1.165) is 5.56 Å². The van der Waals surface area contributed by atoms with E-state index in [-0.39, 0.29) is 5.78 Å². The van der Waals surface area contributed by atoms with Crippen LogP contribution < -0.4 is 10.3 Å². The zero-order valence-corrected chi connectivity index (χ0v) is 10.2. The van der Waals surface area contributed by atoms with Crippen LogP contribution in [0.1, 0.15) is 15.9 Å². The minimum Gasteiger partial charge on any atom is -0.398 e. The van der Waals surface area contributed by atoms with Gasteiger partial charge in [-0.3, -0.25) is 4.79 Å². The Balaban J connectivity index is 2.14. The molecular formula is C15H15N2O+. The van der Waals surface area contributed by atoms with Gasteiger partial charge in [0.05, 0.1) is 6.08 Å². The summed E-state index contributed by atoms with van der Waals surface area (Å²) in [7, 11) is 0. The molecule has 0 radical (unpaired) electrons. The lowest BCUT2D eigenvalue weighted by Crippen LogP contribution is -2.24. The van der Waals surface area contributed by atoms with E-state index in [9.17, 15) is 4.79 Å². The average Bonchev–Trinajstić information content (AvgIpc) is 2.38. The van der Waals surface area contributed by atoms with Gasteiger partial charge in [-0.25, -0.2) is 0 Å². The van der Waals surface area contributed by atoms with Gasteiger partial charge in [0.25, 0.3) is 0 Å². The maximum atomic E-state index is 11.9. The second-order valence-electron chi connectivity index (χ2n) is 4.13. The zero-order chi connectivity index (χ0) is 13.0. The molecule has 2 aromatic rings. The van der Waals surface area contributed by atoms with E-state index in [1.165, 1.54) is 0 Å². The molecule has 2 rings (SSSR count). The second kappa shape index (κ2) is 5.27. The van der Waals surface area contributed by atoms with E-state index in [1.54, 1.807) is 41.4 Å². The fourth-order valence-corrected chi connectivity index (χ4v) is 1.60. The Bertz CT molecular complexity index is 586. The SMILES string of the molecule is Cc1cccc(C(=O)/C=C/[n+]2ccc(N)cc2)c1. The maximum absolute atomic E-state index is 11.9. The molecule has 1 heterocycles. The highest BCUT2D eigenvalue weighted by Crippen LogP contribution is 2.05. The molecule has 0 amide bonds. The molecule has 1 aromatic heterocycles. The summed E-state index contributed by atoms with van der Waals surface area (Å²) >= 11 is 0. The molecule has 0 saturated carbocycles. The summed E-state index contributed by atoms with van der Waals surface area (Å²) in [6, 6.07) is 11.1. The van der Waals surface area contributed by atoms with E-state index in [2.05, 4.69) is 0 Å².